The van der Waals surface area contributed by atoms with Crippen molar-refractivity contribution < 1.29 is 0 Å². The largest absolute Gasteiger partial charge is 0.329 e. The minimum atomic E-state index is 0.211. The maximum absolute atomic E-state index is 6.17. The molecule has 2 N–H and O–H groups in total. The van der Waals surface area contributed by atoms with Crippen LogP contribution in [0.1, 0.15) is 33.1 Å². The maximum atomic E-state index is 6.17. The van der Waals surface area contributed by atoms with Crippen molar-refractivity contribution >= 4 is 11.8 Å². The van der Waals surface area contributed by atoms with Gasteiger partial charge in [0.1, 0.15) is 0 Å². The zero-order chi connectivity index (χ0) is 13.8. The highest BCUT2D eigenvalue weighted by Gasteiger charge is 2.41. The second-order valence-electron chi connectivity index (χ2n) is 5.84. The summed E-state index contributed by atoms with van der Waals surface area (Å²) in [7, 11) is 4.51. The van der Waals surface area contributed by atoms with Crippen molar-refractivity contribution in [1.82, 2.24) is 9.80 Å². The van der Waals surface area contributed by atoms with Gasteiger partial charge in [-0.2, -0.15) is 11.8 Å². The van der Waals surface area contributed by atoms with Gasteiger partial charge in [-0.15, -0.1) is 0 Å². The first-order valence-electron chi connectivity index (χ1n) is 7.13. The van der Waals surface area contributed by atoms with Crippen LogP contribution in [-0.2, 0) is 0 Å². The van der Waals surface area contributed by atoms with E-state index in [1.807, 2.05) is 11.8 Å². The van der Waals surface area contributed by atoms with Crippen LogP contribution in [0.15, 0.2) is 0 Å². The number of thioether (sulfide) groups is 1. The van der Waals surface area contributed by atoms with E-state index in [4.69, 9.17) is 5.73 Å². The Labute approximate surface area is 117 Å². The van der Waals surface area contributed by atoms with E-state index in [-0.39, 0.29) is 5.54 Å². The quantitative estimate of drug-likeness (QED) is 0.801. The van der Waals surface area contributed by atoms with E-state index in [0.29, 0.717) is 12.1 Å². The summed E-state index contributed by atoms with van der Waals surface area (Å²) in [6, 6.07) is 1.29. The number of hydrogen-bond donors (Lipinski definition) is 1. The summed E-state index contributed by atoms with van der Waals surface area (Å²) >= 11 is 1.94. The molecule has 1 rings (SSSR count). The molecule has 0 aromatic rings. The molecule has 3 unspecified atom stereocenters. The van der Waals surface area contributed by atoms with Crippen molar-refractivity contribution in [3.8, 4) is 0 Å². The lowest BCUT2D eigenvalue weighted by atomic mass is 9.81. The molecule has 0 aromatic heterocycles. The average molecular weight is 273 g/mol. The highest BCUT2D eigenvalue weighted by Crippen LogP contribution is 2.32. The van der Waals surface area contributed by atoms with Gasteiger partial charge in [-0.05, 0) is 53.1 Å². The van der Waals surface area contributed by atoms with Crippen molar-refractivity contribution in [2.24, 2.45) is 5.73 Å². The predicted molar refractivity (Wildman–Crippen MR) is 83.3 cm³/mol. The topological polar surface area (TPSA) is 32.5 Å². The van der Waals surface area contributed by atoms with Crippen LogP contribution >= 0.6 is 11.8 Å². The maximum Gasteiger partial charge on any atom is 0.0358 e. The molecule has 1 aliphatic heterocycles. The number of nitrogens with zero attached hydrogens (tertiary/aromatic N) is 2. The Balaban J connectivity index is 2.80. The third-order valence-electron chi connectivity index (χ3n) is 4.86. The number of piperidine rings is 1. The molecule has 0 aliphatic carbocycles. The standard InChI is InChI=1S/C14H31N3S/c1-6-13(10-18-5)17(4)14(11-15)7-8-16(3)12(2)9-14/h12-13H,6-11,15H2,1-5H3. The monoisotopic (exact) mass is 273 g/mol. The van der Waals surface area contributed by atoms with Gasteiger partial charge in [0.25, 0.3) is 0 Å². The first kappa shape index (κ1) is 16.3. The van der Waals surface area contributed by atoms with E-state index in [1.54, 1.807) is 0 Å². The van der Waals surface area contributed by atoms with E-state index in [1.165, 1.54) is 31.6 Å². The van der Waals surface area contributed by atoms with Gasteiger partial charge in [0.2, 0.25) is 0 Å². The Bertz CT molecular complexity index is 249. The zero-order valence-electron chi connectivity index (χ0n) is 12.8. The van der Waals surface area contributed by atoms with Crippen LogP contribution in [0, 0.1) is 0 Å². The lowest BCUT2D eigenvalue weighted by Crippen LogP contribution is -2.62. The van der Waals surface area contributed by atoms with Crippen LogP contribution in [0.4, 0.5) is 0 Å². The number of hydrogen-bond acceptors (Lipinski definition) is 4. The fourth-order valence-electron chi connectivity index (χ4n) is 3.15. The molecular weight excluding hydrogens is 242 g/mol. The number of likely N-dealkylation sites (tertiary alicyclic amines) is 1. The fraction of sp³-hybridized carbons (Fsp3) is 1.00. The molecule has 0 saturated carbocycles. The molecule has 0 aromatic carbocycles. The van der Waals surface area contributed by atoms with E-state index < -0.39 is 0 Å². The van der Waals surface area contributed by atoms with E-state index >= 15 is 0 Å². The van der Waals surface area contributed by atoms with Crippen molar-refractivity contribution in [2.75, 3.05) is 39.2 Å². The molecule has 0 radical (unpaired) electrons. The van der Waals surface area contributed by atoms with Crippen LogP contribution < -0.4 is 5.73 Å². The Morgan fingerprint density at radius 2 is 2.22 bits per heavy atom. The summed E-state index contributed by atoms with van der Waals surface area (Å²) in [5.41, 5.74) is 6.38. The third-order valence-corrected chi connectivity index (χ3v) is 5.58. The molecule has 3 nitrogen and oxygen atoms in total. The zero-order valence-corrected chi connectivity index (χ0v) is 13.6. The van der Waals surface area contributed by atoms with Gasteiger partial charge in [-0.1, -0.05) is 6.92 Å². The summed E-state index contributed by atoms with van der Waals surface area (Å²) in [4.78, 5) is 5.05. The van der Waals surface area contributed by atoms with Crippen LogP contribution in [-0.4, -0.2) is 66.6 Å². The normalized spacial score (nSPS) is 31.8. The lowest BCUT2D eigenvalue weighted by Gasteiger charge is -2.51. The lowest BCUT2D eigenvalue weighted by molar-refractivity contribution is 0.00578. The van der Waals surface area contributed by atoms with Crippen LogP contribution in [0.3, 0.4) is 0 Å². The summed E-state index contributed by atoms with van der Waals surface area (Å²) in [5, 5.41) is 0. The molecule has 4 heteroatoms. The number of rotatable bonds is 6. The van der Waals surface area contributed by atoms with Gasteiger partial charge in [0, 0.05) is 29.9 Å². The van der Waals surface area contributed by atoms with Crippen molar-refractivity contribution in [1.29, 1.82) is 0 Å². The Morgan fingerprint density at radius 3 is 2.67 bits per heavy atom. The van der Waals surface area contributed by atoms with Crippen LogP contribution in [0.5, 0.6) is 0 Å². The molecule has 3 atom stereocenters. The van der Waals surface area contributed by atoms with Crippen LogP contribution in [0.2, 0.25) is 0 Å². The highest BCUT2D eigenvalue weighted by atomic mass is 32.2. The fourth-order valence-corrected chi connectivity index (χ4v) is 3.99. The summed E-state index contributed by atoms with van der Waals surface area (Å²) in [5.74, 6) is 1.21. The Morgan fingerprint density at radius 1 is 1.56 bits per heavy atom. The predicted octanol–water partition coefficient (Wildman–Crippen LogP) is 1.87. The molecule has 0 bridgehead atoms. The van der Waals surface area contributed by atoms with Crippen LogP contribution in [0.25, 0.3) is 0 Å². The highest BCUT2D eigenvalue weighted by molar-refractivity contribution is 7.98. The molecule has 0 spiro atoms. The molecule has 18 heavy (non-hydrogen) atoms. The Kier molecular flexibility index (Phi) is 6.45. The van der Waals surface area contributed by atoms with Crippen molar-refractivity contribution in [3.63, 3.8) is 0 Å². The molecule has 1 fully saturated rings. The SMILES string of the molecule is CCC(CSC)N(C)C1(CN)CCN(C)C(C)C1. The summed E-state index contributed by atoms with van der Waals surface area (Å²) in [6.07, 6.45) is 5.80. The molecule has 108 valence electrons. The van der Waals surface area contributed by atoms with Gasteiger partial charge in [0.15, 0.2) is 0 Å². The first-order chi connectivity index (χ1) is 8.50. The summed E-state index contributed by atoms with van der Waals surface area (Å²) in [6.45, 7) is 6.57. The Hall–Kier alpha value is 0.230. The minimum Gasteiger partial charge on any atom is -0.329 e. The molecular formula is C14H31N3S. The third kappa shape index (κ3) is 3.41. The van der Waals surface area contributed by atoms with E-state index in [2.05, 4.69) is 44.0 Å². The number of likely N-dealkylation sites (N-methyl/N-ethyl adjacent to an activating group) is 1. The average Bonchev–Trinajstić information content (AvgIpc) is 2.38. The first-order valence-corrected chi connectivity index (χ1v) is 8.52. The van der Waals surface area contributed by atoms with Gasteiger partial charge in [-0.3, -0.25) is 4.90 Å². The van der Waals surface area contributed by atoms with Crippen molar-refractivity contribution in [2.45, 2.75) is 50.7 Å². The van der Waals surface area contributed by atoms with Crippen molar-refractivity contribution in [3.05, 3.63) is 0 Å². The number of nitrogens with two attached hydrogens (primary N) is 1. The summed E-state index contributed by atoms with van der Waals surface area (Å²) < 4.78 is 0. The van der Waals surface area contributed by atoms with E-state index in [0.717, 1.165) is 6.54 Å². The minimum absolute atomic E-state index is 0.211. The van der Waals surface area contributed by atoms with Gasteiger partial charge >= 0.3 is 0 Å². The van der Waals surface area contributed by atoms with Gasteiger partial charge in [0.05, 0.1) is 0 Å². The smallest absolute Gasteiger partial charge is 0.0358 e. The van der Waals surface area contributed by atoms with E-state index in [9.17, 15) is 0 Å². The second kappa shape index (κ2) is 7.13. The van der Waals surface area contributed by atoms with Gasteiger partial charge < -0.3 is 10.6 Å². The molecule has 1 heterocycles. The molecule has 0 amide bonds. The molecule has 1 saturated heterocycles. The molecule has 1 aliphatic rings. The second-order valence-corrected chi connectivity index (χ2v) is 6.75. The van der Waals surface area contributed by atoms with Gasteiger partial charge in [-0.25, -0.2) is 0 Å².